The second-order valence-corrected chi connectivity index (χ2v) is 7.31. The summed E-state index contributed by atoms with van der Waals surface area (Å²) in [6.45, 7) is 5.70. The summed E-state index contributed by atoms with van der Waals surface area (Å²) in [7, 11) is 1.90. The molecule has 140 valence electrons. The lowest BCUT2D eigenvalue weighted by Crippen LogP contribution is -2.41. The summed E-state index contributed by atoms with van der Waals surface area (Å²) in [6, 6.07) is 11.5. The molecule has 0 fully saturated rings. The Kier molecular flexibility index (Phi) is 4.57. The van der Waals surface area contributed by atoms with E-state index in [4.69, 9.17) is 0 Å². The third kappa shape index (κ3) is 3.89. The Balaban J connectivity index is 2.10. The highest BCUT2D eigenvalue weighted by molar-refractivity contribution is 5.94. The number of rotatable bonds is 4. The second-order valence-electron chi connectivity index (χ2n) is 7.31. The number of benzene rings is 1. The second kappa shape index (κ2) is 6.71. The molecule has 3 aromatic rings. The molecule has 0 atom stereocenters. The minimum atomic E-state index is -0.463. The molecule has 3 rings (SSSR count). The summed E-state index contributed by atoms with van der Waals surface area (Å²) < 4.78 is 3.42. The predicted octanol–water partition coefficient (Wildman–Crippen LogP) is 3.31. The van der Waals surface area contributed by atoms with E-state index in [-0.39, 0.29) is 11.6 Å². The Morgan fingerprint density at radius 1 is 1.19 bits per heavy atom. The average molecular weight is 367 g/mol. The number of carbonyl (C=O) groups excluding carboxylic acids is 1. The predicted molar refractivity (Wildman–Crippen MR) is 102 cm³/mol. The maximum absolute atomic E-state index is 12.8. The van der Waals surface area contributed by atoms with Crippen LogP contribution in [-0.4, -0.2) is 30.7 Å². The molecule has 1 N–H and O–H groups in total. The van der Waals surface area contributed by atoms with Gasteiger partial charge in [0, 0.05) is 30.9 Å². The molecule has 0 aliphatic carbocycles. The summed E-state index contributed by atoms with van der Waals surface area (Å²) in [6.07, 6.45) is 1.90. The van der Waals surface area contributed by atoms with Gasteiger partial charge in [-0.3, -0.25) is 14.9 Å². The maximum atomic E-state index is 12.8. The van der Waals surface area contributed by atoms with E-state index in [0.717, 1.165) is 5.69 Å². The first-order chi connectivity index (χ1) is 12.7. The van der Waals surface area contributed by atoms with Crippen molar-refractivity contribution in [3.8, 4) is 17.1 Å². The lowest BCUT2D eigenvalue weighted by Gasteiger charge is -2.20. The zero-order valence-corrected chi connectivity index (χ0v) is 15.6. The van der Waals surface area contributed by atoms with Gasteiger partial charge in [-0.2, -0.15) is 5.10 Å². The van der Waals surface area contributed by atoms with Gasteiger partial charge in [-0.25, -0.2) is 4.68 Å². The van der Waals surface area contributed by atoms with Crippen molar-refractivity contribution in [3.05, 3.63) is 64.5 Å². The molecule has 0 spiro atoms. The number of amides is 1. The smallest absolute Gasteiger partial charge is 0.270 e. The van der Waals surface area contributed by atoms with Crippen LogP contribution in [0.2, 0.25) is 0 Å². The Hall–Kier alpha value is -3.42. The highest BCUT2D eigenvalue weighted by Crippen LogP contribution is 2.23. The molecule has 0 radical (unpaired) electrons. The van der Waals surface area contributed by atoms with Crippen LogP contribution >= 0.6 is 0 Å². The van der Waals surface area contributed by atoms with Gasteiger partial charge in [0.05, 0.1) is 16.3 Å². The maximum Gasteiger partial charge on any atom is 0.270 e. The number of nitro groups is 1. The van der Waals surface area contributed by atoms with Crippen LogP contribution in [0.4, 0.5) is 5.69 Å². The first-order valence-corrected chi connectivity index (χ1v) is 8.45. The van der Waals surface area contributed by atoms with Gasteiger partial charge in [-0.15, -0.1) is 0 Å². The van der Waals surface area contributed by atoms with Crippen molar-refractivity contribution < 1.29 is 9.72 Å². The van der Waals surface area contributed by atoms with Gasteiger partial charge in [0.25, 0.3) is 11.6 Å². The number of aromatic nitrogens is 3. The van der Waals surface area contributed by atoms with E-state index in [1.807, 2.05) is 50.7 Å². The summed E-state index contributed by atoms with van der Waals surface area (Å²) >= 11 is 0. The molecule has 27 heavy (non-hydrogen) atoms. The van der Waals surface area contributed by atoms with Crippen LogP contribution in [0.3, 0.4) is 0 Å². The molecule has 8 nitrogen and oxygen atoms in total. The van der Waals surface area contributed by atoms with Gasteiger partial charge in [0.15, 0.2) is 0 Å². The molecule has 2 heterocycles. The summed E-state index contributed by atoms with van der Waals surface area (Å²) in [5, 5.41) is 18.4. The third-order valence-electron chi connectivity index (χ3n) is 3.94. The molecule has 0 aliphatic rings. The van der Waals surface area contributed by atoms with Crippen molar-refractivity contribution >= 4 is 11.6 Å². The molecule has 1 amide bonds. The molecule has 1 aromatic carbocycles. The van der Waals surface area contributed by atoms with Crippen LogP contribution in [0.5, 0.6) is 0 Å². The van der Waals surface area contributed by atoms with Crippen LogP contribution in [0.1, 0.15) is 31.3 Å². The Bertz CT molecular complexity index is 993. The van der Waals surface area contributed by atoms with E-state index < -0.39 is 10.5 Å². The number of non-ortho nitro benzene ring substituents is 1. The zero-order chi connectivity index (χ0) is 19.8. The highest BCUT2D eigenvalue weighted by atomic mass is 16.6. The molecule has 0 aliphatic heterocycles. The van der Waals surface area contributed by atoms with Gasteiger partial charge in [-0.1, -0.05) is 0 Å². The number of carbonyl (C=O) groups is 1. The van der Waals surface area contributed by atoms with E-state index in [1.54, 1.807) is 18.2 Å². The standard InChI is InChI=1S/C19H21N5O3/c1-19(2,3)20-18(25)17-12-15(16-6-5-11-22(16)4)21-23(17)13-7-9-14(10-8-13)24(26)27/h5-12H,1-4H3,(H,20,25). The van der Waals surface area contributed by atoms with E-state index in [1.165, 1.54) is 16.8 Å². The van der Waals surface area contributed by atoms with Gasteiger partial charge in [-0.05, 0) is 51.1 Å². The molecule has 2 aromatic heterocycles. The molecule has 0 saturated heterocycles. The topological polar surface area (TPSA) is 95.0 Å². The lowest BCUT2D eigenvalue weighted by atomic mass is 10.1. The zero-order valence-electron chi connectivity index (χ0n) is 15.6. The lowest BCUT2D eigenvalue weighted by molar-refractivity contribution is -0.384. The molecule has 0 bridgehead atoms. The largest absolute Gasteiger partial charge is 0.349 e. The van der Waals surface area contributed by atoms with E-state index in [0.29, 0.717) is 17.1 Å². The van der Waals surface area contributed by atoms with Crippen LogP contribution in [0, 0.1) is 10.1 Å². The van der Waals surface area contributed by atoms with Crippen molar-refractivity contribution in [2.75, 3.05) is 0 Å². The van der Waals surface area contributed by atoms with Crippen molar-refractivity contribution in [3.63, 3.8) is 0 Å². The van der Waals surface area contributed by atoms with Gasteiger partial charge in [0.1, 0.15) is 11.4 Å². The third-order valence-corrected chi connectivity index (χ3v) is 3.94. The summed E-state index contributed by atoms with van der Waals surface area (Å²) in [5.74, 6) is -0.270. The van der Waals surface area contributed by atoms with E-state index >= 15 is 0 Å². The van der Waals surface area contributed by atoms with Gasteiger partial charge < -0.3 is 9.88 Å². The van der Waals surface area contributed by atoms with Crippen molar-refractivity contribution in [2.24, 2.45) is 7.05 Å². The highest BCUT2D eigenvalue weighted by Gasteiger charge is 2.22. The number of aryl methyl sites for hydroxylation is 1. The quantitative estimate of drug-likeness (QED) is 0.565. The normalized spacial score (nSPS) is 11.4. The Morgan fingerprint density at radius 2 is 1.85 bits per heavy atom. The Labute approximate surface area is 156 Å². The number of nitro benzene ring substituents is 1. The van der Waals surface area contributed by atoms with E-state index in [2.05, 4.69) is 10.4 Å². The average Bonchev–Trinajstić information content (AvgIpc) is 3.19. The number of hydrogen-bond acceptors (Lipinski definition) is 4. The van der Waals surface area contributed by atoms with Crippen LogP contribution in [-0.2, 0) is 7.05 Å². The number of hydrogen-bond donors (Lipinski definition) is 1. The van der Waals surface area contributed by atoms with Crippen LogP contribution < -0.4 is 5.32 Å². The van der Waals surface area contributed by atoms with Gasteiger partial charge in [0.2, 0.25) is 0 Å². The van der Waals surface area contributed by atoms with Crippen LogP contribution in [0.25, 0.3) is 17.1 Å². The summed E-state index contributed by atoms with van der Waals surface area (Å²) in [5.41, 5.74) is 2.00. The SMILES string of the molecule is Cn1cccc1-c1cc(C(=O)NC(C)(C)C)n(-c2ccc([N+](=O)[O-])cc2)n1. The van der Waals surface area contributed by atoms with Crippen molar-refractivity contribution in [2.45, 2.75) is 26.3 Å². The summed E-state index contributed by atoms with van der Waals surface area (Å²) in [4.78, 5) is 23.2. The first kappa shape index (κ1) is 18.4. The minimum absolute atomic E-state index is 0.0192. The van der Waals surface area contributed by atoms with Crippen molar-refractivity contribution in [1.29, 1.82) is 0 Å². The first-order valence-electron chi connectivity index (χ1n) is 8.45. The van der Waals surface area contributed by atoms with E-state index in [9.17, 15) is 14.9 Å². The number of nitrogens with one attached hydrogen (secondary N) is 1. The Morgan fingerprint density at radius 3 is 2.37 bits per heavy atom. The molecular formula is C19H21N5O3. The van der Waals surface area contributed by atoms with Crippen molar-refractivity contribution in [1.82, 2.24) is 19.7 Å². The van der Waals surface area contributed by atoms with Gasteiger partial charge >= 0.3 is 0 Å². The fourth-order valence-electron chi connectivity index (χ4n) is 2.71. The molecule has 0 unspecified atom stereocenters. The van der Waals surface area contributed by atoms with Crippen LogP contribution in [0.15, 0.2) is 48.7 Å². The molecule has 0 saturated carbocycles. The molecule has 8 heteroatoms. The monoisotopic (exact) mass is 367 g/mol. The minimum Gasteiger partial charge on any atom is -0.349 e. The fraction of sp³-hybridized carbons (Fsp3) is 0.263. The number of nitrogens with zero attached hydrogens (tertiary/aromatic N) is 4. The molecular weight excluding hydrogens is 346 g/mol. The fourth-order valence-corrected chi connectivity index (χ4v) is 2.71.